The topological polar surface area (TPSA) is 136 Å². The second kappa shape index (κ2) is 16.4. The maximum Gasteiger partial charge on any atom is 0.255 e. The first-order valence-electron chi connectivity index (χ1n) is 16.8. The van der Waals surface area contributed by atoms with E-state index in [0.29, 0.717) is 40.0 Å². The van der Waals surface area contributed by atoms with Crippen molar-refractivity contribution in [1.29, 1.82) is 0 Å². The molecule has 0 spiro atoms. The molecule has 6 aromatic carbocycles. The predicted octanol–water partition coefficient (Wildman–Crippen LogP) is 9.21. The smallest absolute Gasteiger partial charge is 0.255 e. The van der Waals surface area contributed by atoms with Gasteiger partial charge in [0.15, 0.2) is 0 Å². The van der Waals surface area contributed by atoms with E-state index in [1.165, 1.54) is 13.2 Å². The Morgan fingerprint density at radius 3 is 2.39 bits per heavy atom. The van der Waals surface area contributed by atoms with E-state index in [-0.39, 0.29) is 23.8 Å². The van der Waals surface area contributed by atoms with Crippen LogP contribution in [0.1, 0.15) is 52.5 Å². The number of ether oxygens (including phenoxy) is 1. The minimum atomic E-state index is -0.605. The molecule has 0 aliphatic carbocycles. The van der Waals surface area contributed by atoms with Gasteiger partial charge in [-0.2, -0.15) is 5.11 Å². The number of hydrogen-bond donors (Lipinski definition) is 3. The number of nitrogens with one attached hydrogen (secondary N) is 3. The van der Waals surface area contributed by atoms with Crippen LogP contribution in [0.25, 0.3) is 21.5 Å². The van der Waals surface area contributed by atoms with Gasteiger partial charge >= 0.3 is 0 Å². The number of carbonyl (C=O) groups is 2. The highest BCUT2D eigenvalue weighted by atomic mass is 16.6. The summed E-state index contributed by atoms with van der Waals surface area (Å²) in [5.74, 6) is -1.02. The summed E-state index contributed by atoms with van der Waals surface area (Å²) in [6, 6.07) is 34.5. The number of anilines is 2. The van der Waals surface area contributed by atoms with Gasteiger partial charge in [0, 0.05) is 34.1 Å². The van der Waals surface area contributed by atoms with E-state index in [2.05, 4.69) is 33.3 Å². The highest BCUT2D eigenvalue weighted by Crippen LogP contribution is 2.40. The summed E-state index contributed by atoms with van der Waals surface area (Å²) in [7, 11) is 1.52. The van der Waals surface area contributed by atoms with Crippen molar-refractivity contribution in [1.82, 2.24) is 5.32 Å². The molecule has 0 heterocycles. The van der Waals surface area contributed by atoms with E-state index >= 15 is 0 Å². The minimum absolute atomic E-state index is 0.0417. The molecule has 0 aliphatic rings. The summed E-state index contributed by atoms with van der Waals surface area (Å²) in [4.78, 5) is 32.5. The third kappa shape index (κ3) is 8.31. The van der Waals surface area contributed by atoms with Gasteiger partial charge in [0.25, 0.3) is 11.8 Å². The average molecular weight is 681 g/mol. The lowest BCUT2D eigenvalue weighted by molar-refractivity contribution is -0.267. The van der Waals surface area contributed by atoms with Crippen molar-refractivity contribution >= 4 is 56.1 Å². The zero-order valence-corrected chi connectivity index (χ0v) is 28.4. The maximum atomic E-state index is 14.1. The van der Waals surface area contributed by atoms with Crippen LogP contribution in [0.5, 0.6) is 11.5 Å². The molecule has 0 fully saturated rings. The Morgan fingerprint density at radius 2 is 1.57 bits per heavy atom. The molecular formula is C41H38N5O5-. The van der Waals surface area contributed by atoms with Crippen molar-refractivity contribution in [2.24, 2.45) is 10.2 Å². The Kier molecular flexibility index (Phi) is 11.1. The zero-order chi connectivity index (χ0) is 35.6. The fourth-order valence-electron chi connectivity index (χ4n) is 5.70. The number of carbonyl (C=O) groups excluding carboxylic acids is 2. The second-order valence-corrected chi connectivity index (χ2v) is 11.9. The third-order valence-corrected chi connectivity index (χ3v) is 8.38. The molecule has 0 atom stereocenters. The standard InChI is InChI=1S/C41H39N5O5/c1-3-4-10-22-42-40(48)29-19-20-33-30(24-29)25-34(41(49)43-35-17-11-13-28-12-8-9-16-32(28)35)39(47)38(33)45-44-36-23-27(18-21-37(36)50-2)26-51-46-31-14-6-5-7-15-31/h5-9,11-21,23-25,46-47H,3-4,10,22,26H2,1-2H3,(H,42,48)(H,43,49)/p-1. The fraction of sp³-hybridized carbons (Fsp3) is 0.171. The SMILES string of the molecule is CCCCCNC(=O)c1ccc2c(N=Nc3cc(CONc4ccccc4)ccc3OC)c([O-])c(C(=O)Nc3cccc4ccccc34)cc2c1. The van der Waals surface area contributed by atoms with Crippen LogP contribution in [0, 0.1) is 0 Å². The first kappa shape index (κ1) is 34.6. The predicted molar refractivity (Wildman–Crippen MR) is 199 cm³/mol. The number of fused-ring (bicyclic) bond motifs is 2. The van der Waals surface area contributed by atoms with Gasteiger partial charge in [0.05, 0.1) is 25.1 Å². The highest BCUT2D eigenvalue weighted by molar-refractivity contribution is 6.14. The number of benzene rings is 6. The minimum Gasteiger partial charge on any atom is -0.870 e. The van der Waals surface area contributed by atoms with Gasteiger partial charge in [0.2, 0.25) is 0 Å². The number of azo groups is 1. The molecule has 0 aliphatic heterocycles. The molecule has 258 valence electrons. The third-order valence-electron chi connectivity index (χ3n) is 8.38. The van der Waals surface area contributed by atoms with Crippen LogP contribution in [0.15, 0.2) is 125 Å². The molecule has 0 saturated heterocycles. The van der Waals surface area contributed by atoms with Crippen LogP contribution in [0.4, 0.5) is 22.7 Å². The van der Waals surface area contributed by atoms with E-state index in [0.717, 1.165) is 41.3 Å². The Labute approximate surface area is 296 Å². The summed E-state index contributed by atoms with van der Waals surface area (Å²) < 4.78 is 5.54. The zero-order valence-electron chi connectivity index (χ0n) is 28.4. The Bertz CT molecular complexity index is 2200. The molecule has 0 aromatic heterocycles. The van der Waals surface area contributed by atoms with Gasteiger partial charge in [-0.25, -0.2) is 0 Å². The molecule has 10 heteroatoms. The summed E-state index contributed by atoms with van der Waals surface area (Å²) in [6.45, 7) is 2.87. The van der Waals surface area contributed by atoms with Crippen molar-refractivity contribution in [2.75, 3.05) is 24.5 Å². The van der Waals surface area contributed by atoms with E-state index in [4.69, 9.17) is 9.57 Å². The van der Waals surface area contributed by atoms with Crippen molar-refractivity contribution in [3.8, 4) is 11.5 Å². The molecule has 0 saturated carbocycles. The molecule has 2 amide bonds. The van der Waals surface area contributed by atoms with Gasteiger partial charge in [-0.05, 0) is 71.3 Å². The maximum absolute atomic E-state index is 14.1. The van der Waals surface area contributed by atoms with Crippen LogP contribution in [-0.4, -0.2) is 25.5 Å². The van der Waals surface area contributed by atoms with Gasteiger partial charge in [-0.1, -0.05) is 92.2 Å². The number of methoxy groups -OCH3 is 1. The first-order valence-corrected chi connectivity index (χ1v) is 16.8. The van der Waals surface area contributed by atoms with Crippen molar-refractivity contribution in [3.63, 3.8) is 0 Å². The van der Waals surface area contributed by atoms with Crippen LogP contribution >= 0.6 is 0 Å². The molecule has 0 radical (unpaired) electrons. The lowest BCUT2D eigenvalue weighted by atomic mass is 10.00. The Balaban J connectivity index is 1.35. The van der Waals surface area contributed by atoms with Crippen LogP contribution in [0.2, 0.25) is 0 Å². The number of rotatable bonds is 14. The van der Waals surface area contributed by atoms with E-state index in [1.807, 2.05) is 72.8 Å². The van der Waals surface area contributed by atoms with Gasteiger partial charge in [-0.3, -0.25) is 19.9 Å². The summed E-state index contributed by atoms with van der Waals surface area (Å²) >= 11 is 0. The highest BCUT2D eigenvalue weighted by Gasteiger charge is 2.17. The number of hydrogen-bond acceptors (Lipinski definition) is 8. The quantitative estimate of drug-likeness (QED) is 0.0596. The summed E-state index contributed by atoms with van der Waals surface area (Å²) in [5, 5.41) is 31.5. The summed E-state index contributed by atoms with van der Waals surface area (Å²) in [6.07, 6.45) is 2.93. The van der Waals surface area contributed by atoms with E-state index < -0.39 is 11.7 Å². The van der Waals surface area contributed by atoms with Gasteiger partial charge < -0.3 is 20.5 Å². The molecule has 0 bridgehead atoms. The lowest BCUT2D eigenvalue weighted by Crippen LogP contribution is -2.24. The largest absolute Gasteiger partial charge is 0.870 e. The molecule has 10 nitrogen and oxygen atoms in total. The van der Waals surface area contributed by atoms with E-state index in [9.17, 15) is 14.7 Å². The fourth-order valence-corrected chi connectivity index (χ4v) is 5.70. The van der Waals surface area contributed by atoms with Gasteiger partial charge in [-0.15, -0.1) is 5.11 Å². The number of unbranched alkanes of at least 4 members (excludes halogenated alkanes) is 2. The molecule has 0 unspecified atom stereocenters. The average Bonchev–Trinajstić information content (AvgIpc) is 3.16. The first-order chi connectivity index (χ1) is 24.9. The molecule has 3 N–H and O–H groups in total. The second-order valence-electron chi connectivity index (χ2n) is 11.9. The number of amides is 2. The monoisotopic (exact) mass is 680 g/mol. The molecule has 6 aromatic rings. The number of para-hydroxylation sites is 1. The molecule has 6 rings (SSSR count). The molecular weight excluding hydrogens is 642 g/mol. The van der Waals surface area contributed by atoms with E-state index in [1.54, 1.807) is 36.4 Å². The van der Waals surface area contributed by atoms with Crippen molar-refractivity contribution < 1.29 is 24.3 Å². The van der Waals surface area contributed by atoms with Crippen molar-refractivity contribution in [3.05, 3.63) is 132 Å². The Morgan fingerprint density at radius 1 is 0.765 bits per heavy atom. The number of nitrogens with zero attached hydrogens (tertiary/aromatic N) is 2. The van der Waals surface area contributed by atoms with Crippen LogP contribution in [-0.2, 0) is 11.4 Å². The molecule has 51 heavy (non-hydrogen) atoms. The normalized spacial score (nSPS) is 11.2. The van der Waals surface area contributed by atoms with Crippen molar-refractivity contribution in [2.45, 2.75) is 32.8 Å². The van der Waals surface area contributed by atoms with Crippen LogP contribution in [0.3, 0.4) is 0 Å². The lowest BCUT2D eigenvalue weighted by Gasteiger charge is -2.19. The Hall–Kier alpha value is -6.26. The van der Waals surface area contributed by atoms with Crippen LogP contribution < -0.4 is 26.0 Å². The van der Waals surface area contributed by atoms with Gasteiger partial charge in [0.1, 0.15) is 11.4 Å². The summed E-state index contributed by atoms with van der Waals surface area (Å²) in [5.41, 5.74) is 5.64.